The molecule has 104 valence electrons. The zero-order valence-electron chi connectivity index (χ0n) is 11.4. The summed E-state index contributed by atoms with van der Waals surface area (Å²) in [7, 11) is 0. The average Bonchev–Trinajstić information content (AvgIpc) is 2.80. The Morgan fingerprint density at radius 1 is 1.53 bits per heavy atom. The highest BCUT2D eigenvalue weighted by Crippen LogP contribution is 2.35. The summed E-state index contributed by atoms with van der Waals surface area (Å²) in [6.07, 6.45) is 1.83. The number of hydrogen-bond acceptors (Lipinski definition) is 3. The van der Waals surface area contributed by atoms with Gasteiger partial charge in [-0.25, -0.2) is 0 Å². The lowest BCUT2D eigenvalue weighted by molar-refractivity contribution is -0.157. The van der Waals surface area contributed by atoms with Crippen LogP contribution in [-0.4, -0.2) is 27.9 Å². The number of piperidine rings is 1. The second-order valence-corrected chi connectivity index (χ2v) is 5.28. The molecule has 19 heavy (non-hydrogen) atoms. The Morgan fingerprint density at radius 2 is 2.21 bits per heavy atom. The van der Waals surface area contributed by atoms with Crippen LogP contribution in [0, 0.1) is 11.8 Å². The van der Waals surface area contributed by atoms with Crippen molar-refractivity contribution < 1.29 is 19.1 Å². The molecule has 0 bridgehead atoms. The van der Waals surface area contributed by atoms with Crippen molar-refractivity contribution in [3.8, 4) is 0 Å². The van der Waals surface area contributed by atoms with E-state index in [1.54, 1.807) is 30.2 Å². The second kappa shape index (κ2) is 5.07. The van der Waals surface area contributed by atoms with Gasteiger partial charge in [0.1, 0.15) is 5.76 Å². The number of carbonyl (C=O) groups is 2. The molecule has 2 rings (SSSR count). The quantitative estimate of drug-likeness (QED) is 0.910. The van der Waals surface area contributed by atoms with E-state index in [0.29, 0.717) is 5.76 Å². The Kier molecular flexibility index (Phi) is 3.64. The number of nitrogens with zero attached hydrogens (tertiary/aromatic N) is 1. The maximum Gasteiger partial charge on any atom is 0.308 e. The molecule has 1 N–H and O–H groups in total. The minimum Gasteiger partial charge on any atom is -0.481 e. The standard InChI is InChI=1S/C14H19NO4/c1-8-7-12(16)15(10(3)13(8)14(17)18)9(2)11-5-4-6-19-11/h4-6,8-10,13H,7H2,1-3H3,(H,17,18). The summed E-state index contributed by atoms with van der Waals surface area (Å²) in [5.74, 6) is -0.848. The van der Waals surface area contributed by atoms with Crippen LogP contribution in [0.5, 0.6) is 0 Å². The number of aliphatic carboxylic acids is 1. The first-order chi connectivity index (χ1) is 8.93. The first-order valence-electron chi connectivity index (χ1n) is 6.50. The fourth-order valence-corrected chi connectivity index (χ4v) is 3.07. The molecule has 1 fully saturated rings. The predicted octanol–water partition coefficient (Wildman–Crippen LogP) is 2.30. The summed E-state index contributed by atoms with van der Waals surface area (Å²) in [4.78, 5) is 25.2. The zero-order valence-corrected chi connectivity index (χ0v) is 11.4. The SMILES string of the molecule is CC1CC(=O)N(C(C)c2ccco2)C(C)C1C(=O)O. The van der Waals surface area contributed by atoms with Gasteiger partial charge in [-0.2, -0.15) is 0 Å². The van der Waals surface area contributed by atoms with Crippen LogP contribution in [0.1, 0.15) is 39.0 Å². The number of rotatable bonds is 3. The molecule has 0 radical (unpaired) electrons. The maximum atomic E-state index is 12.2. The van der Waals surface area contributed by atoms with Crippen molar-refractivity contribution >= 4 is 11.9 Å². The van der Waals surface area contributed by atoms with E-state index in [1.807, 2.05) is 13.8 Å². The molecule has 1 aliphatic heterocycles. The number of carboxylic acid groups (broad SMARTS) is 1. The summed E-state index contributed by atoms with van der Waals surface area (Å²) in [6.45, 7) is 5.48. The molecule has 1 amide bonds. The van der Waals surface area contributed by atoms with E-state index < -0.39 is 11.9 Å². The van der Waals surface area contributed by atoms with Crippen LogP contribution in [0.25, 0.3) is 0 Å². The minimum atomic E-state index is -0.843. The van der Waals surface area contributed by atoms with Gasteiger partial charge in [0.25, 0.3) is 0 Å². The van der Waals surface area contributed by atoms with E-state index >= 15 is 0 Å². The van der Waals surface area contributed by atoms with Crippen molar-refractivity contribution in [3.63, 3.8) is 0 Å². The van der Waals surface area contributed by atoms with Gasteiger partial charge in [-0.05, 0) is 31.9 Å². The summed E-state index contributed by atoms with van der Waals surface area (Å²) in [5, 5.41) is 9.33. The Bertz CT molecular complexity index is 468. The summed E-state index contributed by atoms with van der Waals surface area (Å²) < 4.78 is 5.33. The number of hydrogen-bond donors (Lipinski definition) is 1. The molecule has 0 saturated carbocycles. The Morgan fingerprint density at radius 3 is 2.74 bits per heavy atom. The van der Waals surface area contributed by atoms with Crippen LogP contribution >= 0.6 is 0 Å². The molecule has 2 heterocycles. The highest BCUT2D eigenvalue weighted by Gasteiger charge is 2.44. The van der Waals surface area contributed by atoms with Crippen LogP contribution in [0.2, 0.25) is 0 Å². The van der Waals surface area contributed by atoms with Gasteiger partial charge < -0.3 is 14.4 Å². The molecule has 1 aromatic heterocycles. The fraction of sp³-hybridized carbons (Fsp3) is 0.571. The van der Waals surface area contributed by atoms with Crippen molar-refractivity contribution in [3.05, 3.63) is 24.2 Å². The van der Waals surface area contributed by atoms with Crippen molar-refractivity contribution in [2.75, 3.05) is 0 Å². The molecule has 5 heteroatoms. The van der Waals surface area contributed by atoms with Gasteiger partial charge in [0.05, 0.1) is 18.2 Å². The topological polar surface area (TPSA) is 70.8 Å². The van der Waals surface area contributed by atoms with E-state index in [1.165, 1.54) is 0 Å². The maximum absolute atomic E-state index is 12.2. The molecule has 4 unspecified atom stereocenters. The minimum absolute atomic E-state index is 0.0126. The lowest BCUT2D eigenvalue weighted by Crippen LogP contribution is -2.53. The van der Waals surface area contributed by atoms with Crippen LogP contribution in [-0.2, 0) is 9.59 Å². The zero-order chi connectivity index (χ0) is 14.2. The number of likely N-dealkylation sites (tertiary alicyclic amines) is 1. The highest BCUT2D eigenvalue weighted by atomic mass is 16.4. The van der Waals surface area contributed by atoms with Crippen LogP contribution in [0.3, 0.4) is 0 Å². The number of carbonyl (C=O) groups excluding carboxylic acids is 1. The lowest BCUT2D eigenvalue weighted by Gasteiger charge is -2.43. The molecule has 1 saturated heterocycles. The first-order valence-corrected chi connectivity index (χ1v) is 6.50. The van der Waals surface area contributed by atoms with Gasteiger partial charge in [0.15, 0.2) is 0 Å². The highest BCUT2D eigenvalue weighted by molar-refractivity contribution is 5.82. The predicted molar refractivity (Wildman–Crippen MR) is 68.3 cm³/mol. The fourth-order valence-electron chi connectivity index (χ4n) is 3.07. The van der Waals surface area contributed by atoms with Gasteiger partial charge in [0, 0.05) is 12.5 Å². The molecule has 1 aromatic rings. The van der Waals surface area contributed by atoms with E-state index in [0.717, 1.165) is 0 Å². The normalized spacial score (nSPS) is 29.3. The molecule has 1 aliphatic rings. The van der Waals surface area contributed by atoms with Crippen LogP contribution in [0.4, 0.5) is 0 Å². The van der Waals surface area contributed by atoms with Crippen molar-refractivity contribution in [2.24, 2.45) is 11.8 Å². The van der Waals surface area contributed by atoms with Gasteiger partial charge in [-0.15, -0.1) is 0 Å². The third-order valence-electron chi connectivity index (χ3n) is 4.01. The lowest BCUT2D eigenvalue weighted by atomic mass is 9.80. The second-order valence-electron chi connectivity index (χ2n) is 5.28. The number of carboxylic acids is 1. The third-order valence-corrected chi connectivity index (χ3v) is 4.01. The Labute approximate surface area is 112 Å². The first kappa shape index (κ1) is 13.6. The van der Waals surface area contributed by atoms with Crippen molar-refractivity contribution in [1.82, 2.24) is 4.90 Å². The third kappa shape index (κ3) is 2.37. The molecule has 5 nitrogen and oxygen atoms in total. The largest absolute Gasteiger partial charge is 0.481 e. The van der Waals surface area contributed by atoms with Crippen LogP contribution in [0.15, 0.2) is 22.8 Å². The van der Waals surface area contributed by atoms with Gasteiger partial charge >= 0.3 is 5.97 Å². The smallest absolute Gasteiger partial charge is 0.308 e. The molecule has 0 spiro atoms. The summed E-state index contributed by atoms with van der Waals surface area (Å²) in [5.41, 5.74) is 0. The molecule has 4 atom stereocenters. The van der Waals surface area contributed by atoms with Gasteiger partial charge in [0.2, 0.25) is 5.91 Å². The van der Waals surface area contributed by atoms with Crippen molar-refractivity contribution in [1.29, 1.82) is 0 Å². The van der Waals surface area contributed by atoms with Crippen molar-refractivity contribution in [2.45, 2.75) is 39.3 Å². The summed E-state index contributed by atoms with van der Waals surface area (Å²) >= 11 is 0. The van der Waals surface area contributed by atoms with E-state index in [9.17, 15) is 14.7 Å². The Hall–Kier alpha value is -1.78. The number of furan rings is 1. The summed E-state index contributed by atoms with van der Waals surface area (Å²) in [6, 6.07) is 2.99. The number of amides is 1. The van der Waals surface area contributed by atoms with Crippen LogP contribution < -0.4 is 0 Å². The molecule has 0 aromatic carbocycles. The van der Waals surface area contributed by atoms with Gasteiger partial charge in [-0.3, -0.25) is 9.59 Å². The van der Waals surface area contributed by atoms with E-state index in [2.05, 4.69) is 0 Å². The Balaban J connectivity index is 2.28. The molecular weight excluding hydrogens is 246 g/mol. The molecular formula is C14H19NO4. The monoisotopic (exact) mass is 265 g/mol. The average molecular weight is 265 g/mol. The van der Waals surface area contributed by atoms with E-state index in [-0.39, 0.29) is 30.3 Å². The molecule has 0 aliphatic carbocycles. The van der Waals surface area contributed by atoms with E-state index in [4.69, 9.17) is 4.42 Å². The van der Waals surface area contributed by atoms with Gasteiger partial charge in [-0.1, -0.05) is 6.92 Å².